The highest BCUT2D eigenvalue weighted by molar-refractivity contribution is 5.99. The number of likely N-dealkylation sites (tertiary alicyclic amines) is 1. The number of unbranched alkanes of at least 4 members (excludes halogenated alkanes) is 2. The van der Waals surface area contributed by atoms with Crippen LogP contribution in [-0.2, 0) is 14.3 Å². The molecule has 4 heteroatoms. The van der Waals surface area contributed by atoms with Crippen molar-refractivity contribution in [2.75, 3.05) is 26.7 Å². The van der Waals surface area contributed by atoms with E-state index in [1.807, 2.05) is 6.08 Å². The number of ether oxygens (including phenoxy) is 1. The van der Waals surface area contributed by atoms with E-state index in [-0.39, 0.29) is 5.78 Å². The minimum atomic E-state index is -0.576. The minimum Gasteiger partial charge on any atom is -0.468 e. The van der Waals surface area contributed by atoms with Crippen LogP contribution in [0.15, 0.2) is 12.7 Å². The van der Waals surface area contributed by atoms with Gasteiger partial charge in [0.25, 0.3) is 0 Å². The average molecular weight is 239 g/mol. The Morgan fingerprint density at radius 2 is 2.35 bits per heavy atom. The number of carbonyl (C=O) groups excluding carboxylic acids is 2. The highest BCUT2D eigenvalue weighted by Crippen LogP contribution is 2.15. The molecule has 0 N–H and O–H groups in total. The molecule has 0 spiro atoms. The summed E-state index contributed by atoms with van der Waals surface area (Å²) < 4.78 is 4.65. The second kappa shape index (κ2) is 7.22. The van der Waals surface area contributed by atoms with Gasteiger partial charge in [0.2, 0.25) is 0 Å². The Balaban J connectivity index is 2.36. The molecule has 0 saturated carbocycles. The number of allylic oxidation sites excluding steroid dienone is 1. The maximum absolute atomic E-state index is 11.6. The van der Waals surface area contributed by atoms with Gasteiger partial charge in [-0.2, -0.15) is 0 Å². The van der Waals surface area contributed by atoms with Crippen LogP contribution >= 0.6 is 0 Å². The standard InChI is InChI=1S/C13H21NO3/c1-3-4-5-6-8-14-9-7-12(15)11(10-14)13(16)17-2/h3,11H,1,4-10H2,2H3. The van der Waals surface area contributed by atoms with Gasteiger partial charge in [-0.15, -0.1) is 6.58 Å². The Morgan fingerprint density at radius 1 is 1.59 bits per heavy atom. The van der Waals surface area contributed by atoms with Gasteiger partial charge in [-0.1, -0.05) is 6.08 Å². The fraction of sp³-hybridized carbons (Fsp3) is 0.692. The first kappa shape index (κ1) is 13.9. The molecule has 1 rings (SSSR count). The van der Waals surface area contributed by atoms with E-state index in [1.54, 1.807) is 0 Å². The monoisotopic (exact) mass is 239 g/mol. The van der Waals surface area contributed by atoms with Crippen LogP contribution in [0.5, 0.6) is 0 Å². The van der Waals surface area contributed by atoms with E-state index in [2.05, 4.69) is 16.2 Å². The number of carbonyl (C=O) groups is 2. The third-order valence-corrected chi connectivity index (χ3v) is 3.12. The number of esters is 1. The molecule has 1 atom stereocenters. The van der Waals surface area contributed by atoms with Crippen molar-refractivity contribution in [1.82, 2.24) is 4.90 Å². The average Bonchev–Trinajstić information content (AvgIpc) is 2.35. The smallest absolute Gasteiger partial charge is 0.317 e. The van der Waals surface area contributed by atoms with Crippen LogP contribution in [0.4, 0.5) is 0 Å². The highest BCUT2D eigenvalue weighted by atomic mass is 16.5. The summed E-state index contributed by atoms with van der Waals surface area (Å²) in [4.78, 5) is 25.2. The lowest BCUT2D eigenvalue weighted by Gasteiger charge is -2.30. The van der Waals surface area contributed by atoms with E-state index in [9.17, 15) is 9.59 Å². The van der Waals surface area contributed by atoms with Crippen molar-refractivity contribution in [2.45, 2.75) is 25.7 Å². The summed E-state index contributed by atoms with van der Waals surface area (Å²) in [5.41, 5.74) is 0. The third kappa shape index (κ3) is 4.30. The van der Waals surface area contributed by atoms with E-state index in [4.69, 9.17) is 0 Å². The lowest BCUT2D eigenvalue weighted by Crippen LogP contribution is -2.44. The number of hydrogen-bond acceptors (Lipinski definition) is 4. The van der Waals surface area contributed by atoms with Crippen LogP contribution in [0.25, 0.3) is 0 Å². The van der Waals surface area contributed by atoms with E-state index in [1.165, 1.54) is 7.11 Å². The van der Waals surface area contributed by atoms with Crippen molar-refractivity contribution in [3.63, 3.8) is 0 Å². The zero-order chi connectivity index (χ0) is 12.7. The minimum absolute atomic E-state index is 0.0131. The van der Waals surface area contributed by atoms with Crippen molar-refractivity contribution < 1.29 is 14.3 Å². The Bertz CT molecular complexity index is 280. The van der Waals surface area contributed by atoms with Crippen LogP contribution in [0.1, 0.15) is 25.7 Å². The van der Waals surface area contributed by atoms with Gasteiger partial charge in [0.1, 0.15) is 11.7 Å². The van der Waals surface area contributed by atoms with Gasteiger partial charge in [0.05, 0.1) is 7.11 Å². The number of methoxy groups -OCH3 is 1. The van der Waals surface area contributed by atoms with Crippen molar-refractivity contribution in [1.29, 1.82) is 0 Å². The molecule has 1 saturated heterocycles. The second-order valence-corrected chi connectivity index (χ2v) is 4.38. The van der Waals surface area contributed by atoms with Crippen LogP contribution in [0.2, 0.25) is 0 Å². The molecule has 0 bridgehead atoms. The summed E-state index contributed by atoms with van der Waals surface area (Å²) in [6.45, 7) is 5.90. The largest absolute Gasteiger partial charge is 0.468 e. The fourth-order valence-corrected chi connectivity index (χ4v) is 2.07. The van der Waals surface area contributed by atoms with Gasteiger partial charge in [0, 0.05) is 19.5 Å². The van der Waals surface area contributed by atoms with Crippen LogP contribution in [0, 0.1) is 5.92 Å². The molecule has 4 nitrogen and oxygen atoms in total. The molecule has 0 aromatic rings. The summed E-state index contributed by atoms with van der Waals surface area (Å²) in [7, 11) is 1.33. The Morgan fingerprint density at radius 3 is 3.00 bits per heavy atom. The SMILES string of the molecule is C=CCCCCN1CCC(=O)C(C(=O)OC)C1. The summed E-state index contributed by atoms with van der Waals surface area (Å²) in [6, 6.07) is 0. The molecule has 0 radical (unpaired) electrons. The molecule has 1 unspecified atom stereocenters. The lowest BCUT2D eigenvalue weighted by atomic mass is 9.96. The zero-order valence-corrected chi connectivity index (χ0v) is 10.5. The molecule has 1 aliphatic rings. The molecular weight excluding hydrogens is 218 g/mol. The molecule has 1 fully saturated rings. The molecular formula is C13H21NO3. The maximum atomic E-state index is 11.6. The third-order valence-electron chi connectivity index (χ3n) is 3.12. The number of hydrogen-bond donors (Lipinski definition) is 0. The molecule has 0 aromatic carbocycles. The van der Waals surface area contributed by atoms with Gasteiger partial charge in [-0.25, -0.2) is 0 Å². The van der Waals surface area contributed by atoms with E-state index >= 15 is 0 Å². The number of rotatable bonds is 6. The Hall–Kier alpha value is -1.16. The lowest BCUT2D eigenvalue weighted by molar-refractivity contribution is -0.151. The fourth-order valence-electron chi connectivity index (χ4n) is 2.07. The first-order valence-corrected chi connectivity index (χ1v) is 6.12. The highest BCUT2D eigenvalue weighted by Gasteiger charge is 2.33. The van der Waals surface area contributed by atoms with Crippen molar-refractivity contribution in [3.8, 4) is 0 Å². The topological polar surface area (TPSA) is 46.6 Å². The summed E-state index contributed by atoms with van der Waals surface area (Å²) in [6.07, 6.45) is 5.58. The second-order valence-electron chi connectivity index (χ2n) is 4.38. The summed E-state index contributed by atoms with van der Waals surface area (Å²) in [5, 5.41) is 0. The molecule has 0 aromatic heterocycles. The number of nitrogens with zero attached hydrogens (tertiary/aromatic N) is 1. The van der Waals surface area contributed by atoms with Crippen LogP contribution in [0.3, 0.4) is 0 Å². The first-order chi connectivity index (χ1) is 8.19. The Labute approximate surface area is 103 Å². The number of piperidine rings is 1. The van der Waals surface area contributed by atoms with Crippen LogP contribution < -0.4 is 0 Å². The van der Waals surface area contributed by atoms with Gasteiger partial charge >= 0.3 is 5.97 Å². The maximum Gasteiger partial charge on any atom is 0.317 e. The van der Waals surface area contributed by atoms with Crippen molar-refractivity contribution >= 4 is 11.8 Å². The summed E-state index contributed by atoms with van der Waals surface area (Å²) >= 11 is 0. The molecule has 17 heavy (non-hydrogen) atoms. The Kier molecular flexibility index (Phi) is 5.91. The summed E-state index contributed by atoms with van der Waals surface area (Å²) in [5.74, 6) is -0.960. The molecule has 96 valence electrons. The normalized spacial score (nSPS) is 21.2. The predicted octanol–water partition coefficient (Wildman–Crippen LogP) is 1.41. The van der Waals surface area contributed by atoms with Gasteiger partial charge in [-0.3, -0.25) is 9.59 Å². The predicted molar refractivity (Wildman–Crippen MR) is 65.6 cm³/mol. The van der Waals surface area contributed by atoms with Gasteiger partial charge < -0.3 is 9.64 Å². The number of ketones is 1. The van der Waals surface area contributed by atoms with Gasteiger partial charge in [-0.05, 0) is 25.8 Å². The van der Waals surface area contributed by atoms with E-state index in [0.717, 1.165) is 32.4 Å². The van der Waals surface area contributed by atoms with E-state index < -0.39 is 11.9 Å². The quantitative estimate of drug-likeness (QED) is 0.304. The van der Waals surface area contributed by atoms with Crippen molar-refractivity contribution in [3.05, 3.63) is 12.7 Å². The molecule has 0 aliphatic carbocycles. The van der Waals surface area contributed by atoms with Gasteiger partial charge in [0.15, 0.2) is 0 Å². The number of Topliss-reactive ketones (excluding diaryl/α,β-unsaturated/α-hetero) is 1. The van der Waals surface area contributed by atoms with Crippen molar-refractivity contribution in [2.24, 2.45) is 5.92 Å². The van der Waals surface area contributed by atoms with E-state index in [0.29, 0.717) is 13.0 Å². The van der Waals surface area contributed by atoms with Crippen LogP contribution in [-0.4, -0.2) is 43.4 Å². The molecule has 1 aliphatic heterocycles. The first-order valence-electron chi connectivity index (χ1n) is 6.12. The zero-order valence-electron chi connectivity index (χ0n) is 10.5. The molecule has 0 amide bonds. The molecule has 1 heterocycles.